The summed E-state index contributed by atoms with van der Waals surface area (Å²) in [7, 11) is 3.98. The summed E-state index contributed by atoms with van der Waals surface area (Å²) in [5, 5.41) is 0. The first kappa shape index (κ1) is 18.7. The van der Waals surface area contributed by atoms with Gasteiger partial charge in [-0.15, -0.1) is 0 Å². The lowest BCUT2D eigenvalue weighted by molar-refractivity contribution is -0.137. The quantitative estimate of drug-likeness (QED) is 0.814. The van der Waals surface area contributed by atoms with Crippen molar-refractivity contribution in [2.24, 2.45) is 0 Å². The highest BCUT2D eigenvalue weighted by molar-refractivity contribution is 5.45. The highest BCUT2D eigenvalue weighted by atomic mass is 19.4. The van der Waals surface area contributed by atoms with Crippen LogP contribution >= 0.6 is 0 Å². The molecule has 0 saturated carbocycles. The van der Waals surface area contributed by atoms with Crippen LogP contribution in [0.15, 0.2) is 48.5 Å². The normalized spacial score (nSPS) is 18.3. The van der Waals surface area contributed by atoms with Crippen LogP contribution in [-0.2, 0) is 6.18 Å². The average molecular weight is 364 g/mol. The Hall–Kier alpha value is -2.05. The van der Waals surface area contributed by atoms with E-state index in [1.165, 1.54) is 12.1 Å². The summed E-state index contributed by atoms with van der Waals surface area (Å²) in [6.45, 7) is 2.67. The van der Waals surface area contributed by atoms with E-state index in [0.29, 0.717) is 24.5 Å². The summed E-state index contributed by atoms with van der Waals surface area (Å²) >= 11 is 0. The van der Waals surface area contributed by atoms with Crippen LogP contribution in [0.25, 0.3) is 0 Å². The largest absolute Gasteiger partial charge is 0.492 e. The minimum Gasteiger partial charge on any atom is -0.492 e. The van der Waals surface area contributed by atoms with Gasteiger partial charge in [0.25, 0.3) is 0 Å². The Kier molecular flexibility index (Phi) is 5.53. The molecule has 0 radical (unpaired) electrons. The molecule has 0 bridgehead atoms. The SMILES string of the molecule is CN(C)CCN1CCOc2ccc(C(F)(F)F)cc2C1c1ccccc1. The first-order valence-electron chi connectivity index (χ1n) is 8.64. The Balaban J connectivity index is 2.08. The second kappa shape index (κ2) is 7.68. The number of hydrogen-bond acceptors (Lipinski definition) is 3. The Morgan fingerprint density at radius 1 is 1.12 bits per heavy atom. The third kappa shape index (κ3) is 4.19. The van der Waals surface area contributed by atoms with Gasteiger partial charge in [0.15, 0.2) is 0 Å². The molecule has 0 spiro atoms. The van der Waals surface area contributed by atoms with Crippen molar-refractivity contribution >= 4 is 0 Å². The van der Waals surface area contributed by atoms with Gasteiger partial charge in [-0.25, -0.2) is 0 Å². The van der Waals surface area contributed by atoms with E-state index in [-0.39, 0.29) is 6.04 Å². The van der Waals surface area contributed by atoms with Gasteiger partial charge in [-0.05, 0) is 37.9 Å². The Labute approximate surface area is 152 Å². The predicted octanol–water partition coefficient (Wildman–Crippen LogP) is 4.05. The van der Waals surface area contributed by atoms with Crippen LogP contribution in [0.3, 0.4) is 0 Å². The zero-order chi connectivity index (χ0) is 18.7. The monoisotopic (exact) mass is 364 g/mol. The fraction of sp³-hybridized carbons (Fsp3) is 0.400. The standard InChI is InChI=1S/C20H23F3N2O/c1-24(2)10-11-25-12-13-26-18-9-8-16(20(21,22)23)14-17(18)19(25)15-6-4-3-5-7-15/h3-9,14,19H,10-13H2,1-2H3. The lowest BCUT2D eigenvalue weighted by Gasteiger charge is -2.31. The smallest absolute Gasteiger partial charge is 0.416 e. The molecule has 6 heteroatoms. The number of rotatable bonds is 4. The lowest BCUT2D eigenvalue weighted by Crippen LogP contribution is -2.36. The maximum atomic E-state index is 13.3. The first-order valence-corrected chi connectivity index (χ1v) is 8.64. The second-order valence-corrected chi connectivity index (χ2v) is 6.75. The third-order valence-corrected chi connectivity index (χ3v) is 4.58. The van der Waals surface area contributed by atoms with Crippen molar-refractivity contribution in [2.45, 2.75) is 12.2 Å². The van der Waals surface area contributed by atoms with Gasteiger partial charge in [0.1, 0.15) is 12.4 Å². The number of hydrogen-bond donors (Lipinski definition) is 0. The van der Waals surface area contributed by atoms with Crippen LogP contribution in [0.1, 0.15) is 22.7 Å². The van der Waals surface area contributed by atoms with Gasteiger partial charge in [0.2, 0.25) is 0 Å². The maximum Gasteiger partial charge on any atom is 0.416 e. The molecule has 1 aliphatic heterocycles. The van der Waals surface area contributed by atoms with Crippen molar-refractivity contribution in [1.29, 1.82) is 0 Å². The van der Waals surface area contributed by atoms with Crippen molar-refractivity contribution in [3.05, 3.63) is 65.2 Å². The topological polar surface area (TPSA) is 15.7 Å². The molecule has 0 fully saturated rings. The number of ether oxygens (including phenoxy) is 1. The van der Waals surface area contributed by atoms with Crippen molar-refractivity contribution < 1.29 is 17.9 Å². The summed E-state index contributed by atoms with van der Waals surface area (Å²) < 4.78 is 45.6. The zero-order valence-electron chi connectivity index (χ0n) is 15.0. The van der Waals surface area contributed by atoms with Crippen LogP contribution in [0.5, 0.6) is 5.75 Å². The number of likely N-dealkylation sites (N-methyl/N-ethyl adjacent to an activating group) is 1. The molecule has 1 heterocycles. The van der Waals surface area contributed by atoms with Crippen LogP contribution in [-0.4, -0.2) is 50.1 Å². The van der Waals surface area contributed by atoms with E-state index >= 15 is 0 Å². The number of benzene rings is 2. The summed E-state index contributed by atoms with van der Waals surface area (Å²) in [5.74, 6) is 0.527. The van der Waals surface area contributed by atoms with Crippen molar-refractivity contribution in [3.63, 3.8) is 0 Å². The molecule has 2 aromatic rings. The van der Waals surface area contributed by atoms with Crippen LogP contribution in [0, 0.1) is 0 Å². The van der Waals surface area contributed by atoms with E-state index in [0.717, 1.165) is 24.7 Å². The van der Waals surface area contributed by atoms with Crippen molar-refractivity contribution in [3.8, 4) is 5.75 Å². The van der Waals surface area contributed by atoms with Gasteiger partial charge >= 0.3 is 6.18 Å². The minimum atomic E-state index is -4.38. The van der Waals surface area contributed by atoms with Gasteiger partial charge in [-0.1, -0.05) is 30.3 Å². The predicted molar refractivity (Wildman–Crippen MR) is 95.4 cm³/mol. The summed E-state index contributed by atoms with van der Waals surface area (Å²) in [6, 6.07) is 13.2. The van der Waals surface area contributed by atoms with Gasteiger partial charge < -0.3 is 9.64 Å². The van der Waals surface area contributed by atoms with E-state index in [2.05, 4.69) is 9.80 Å². The fourth-order valence-corrected chi connectivity index (χ4v) is 3.26. The summed E-state index contributed by atoms with van der Waals surface area (Å²) in [6.07, 6.45) is -4.38. The molecule has 0 aliphatic carbocycles. The summed E-state index contributed by atoms with van der Waals surface area (Å²) in [5.41, 5.74) is 0.898. The molecule has 0 amide bonds. The third-order valence-electron chi connectivity index (χ3n) is 4.58. The van der Waals surface area contributed by atoms with Crippen molar-refractivity contribution in [2.75, 3.05) is 40.3 Å². The molecular weight excluding hydrogens is 341 g/mol. The Morgan fingerprint density at radius 2 is 1.85 bits per heavy atom. The molecule has 26 heavy (non-hydrogen) atoms. The second-order valence-electron chi connectivity index (χ2n) is 6.75. The fourth-order valence-electron chi connectivity index (χ4n) is 3.26. The molecule has 1 unspecified atom stereocenters. The highest BCUT2D eigenvalue weighted by Gasteiger charge is 2.34. The molecule has 0 N–H and O–H groups in total. The summed E-state index contributed by atoms with van der Waals surface area (Å²) in [4.78, 5) is 4.27. The molecular formula is C20H23F3N2O. The van der Waals surface area contributed by atoms with E-state index in [9.17, 15) is 13.2 Å². The molecule has 0 saturated heterocycles. The van der Waals surface area contributed by atoms with Crippen LogP contribution < -0.4 is 4.74 Å². The highest BCUT2D eigenvalue weighted by Crippen LogP contribution is 2.40. The van der Waals surface area contributed by atoms with E-state index in [4.69, 9.17) is 4.74 Å². The number of halogens is 3. The molecule has 1 aliphatic rings. The van der Waals surface area contributed by atoms with Gasteiger partial charge in [-0.3, -0.25) is 4.90 Å². The average Bonchev–Trinajstić information content (AvgIpc) is 2.78. The van der Waals surface area contributed by atoms with Gasteiger partial charge in [0.05, 0.1) is 11.6 Å². The number of nitrogens with zero attached hydrogens (tertiary/aromatic N) is 2. The van der Waals surface area contributed by atoms with Crippen LogP contribution in [0.4, 0.5) is 13.2 Å². The van der Waals surface area contributed by atoms with Gasteiger partial charge in [0, 0.05) is 25.2 Å². The number of fused-ring (bicyclic) bond motifs is 1. The number of alkyl halides is 3. The van der Waals surface area contributed by atoms with Crippen molar-refractivity contribution in [1.82, 2.24) is 9.80 Å². The lowest BCUT2D eigenvalue weighted by atomic mass is 9.94. The first-order chi connectivity index (χ1) is 12.4. The van der Waals surface area contributed by atoms with Crippen LogP contribution in [0.2, 0.25) is 0 Å². The molecule has 3 rings (SSSR count). The Bertz CT molecular complexity index is 732. The zero-order valence-corrected chi connectivity index (χ0v) is 15.0. The molecule has 3 nitrogen and oxygen atoms in total. The molecule has 0 aromatic heterocycles. The Morgan fingerprint density at radius 3 is 2.50 bits per heavy atom. The minimum absolute atomic E-state index is 0.268. The van der Waals surface area contributed by atoms with Gasteiger partial charge in [-0.2, -0.15) is 13.2 Å². The van der Waals surface area contributed by atoms with E-state index in [1.54, 1.807) is 0 Å². The van der Waals surface area contributed by atoms with E-state index in [1.807, 2.05) is 44.4 Å². The molecule has 1 atom stereocenters. The maximum absolute atomic E-state index is 13.3. The molecule has 2 aromatic carbocycles. The van der Waals surface area contributed by atoms with E-state index < -0.39 is 11.7 Å². The molecule has 140 valence electrons.